The van der Waals surface area contributed by atoms with Gasteiger partial charge in [-0.15, -0.1) is 0 Å². The molecule has 1 heterocycles. The number of Topliss-reactive ketones (excluding diaryl/α,β-unsaturated/α-hetero) is 1. The maximum Gasteiger partial charge on any atom is 0.257 e. The Hall–Kier alpha value is -3.29. The third-order valence-corrected chi connectivity index (χ3v) is 3.76. The highest BCUT2D eigenvalue weighted by molar-refractivity contribution is 5.98. The Morgan fingerprint density at radius 2 is 1.81 bits per heavy atom. The Kier molecular flexibility index (Phi) is 6.99. The molecule has 1 atom stereocenters. The van der Waals surface area contributed by atoms with Crippen molar-refractivity contribution in [3.05, 3.63) is 70.9 Å². The van der Waals surface area contributed by atoms with E-state index in [0.29, 0.717) is 10.3 Å². The van der Waals surface area contributed by atoms with Crippen LogP contribution in [0.15, 0.2) is 48.8 Å². The van der Waals surface area contributed by atoms with E-state index >= 15 is 0 Å². The number of hydrogen-bond donors (Lipinski definition) is 2. The highest BCUT2D eigenvalue weighted by Gasteiger charge is 2.14. The van der Waals surface area contributed by atoms with E-state index in [2.05, 4.69) is 10.6 Å². The maximum absolute atomic E-state index is 12.8. The highest BCUT2D eigenvalue weighted by Crippen LogP contribution is 2.07. The standard InChI is InChI=1S/C19H20FN3O4/c1-13(11-21-19(26)15-3-2-10-23(27)12-15)22-18(25)9-8-17(24)14-4-6-16(20)7-5-14/h2-7,10,12-13H,8-9,11H2,1H3,(H,21,26)(H,22,25)/t13-/m1/s1. The van der Waals surface area contributed by atoms with Crippen molar-refractivity contribution in [2.45, 2.75) is 25.8 Å². The number of amides is 2. The van der Waals surface area contributed by atoms with Crippen molar-refractivity contribution >= 4 is 17.6 Å². The summed E-state index contributed by atoms with van der Waals surface area (Å²) in [4.78, 5) is 35.8. The van der Waals surface area contributed by atoms with Crippen LogP contribution in [0.25, 0.3) is 0 Å². The van der Waals surface area contributed by atoms with Crippen molar-refractivity contribution in [1.29, 1.82) is 0 Å². The van der Waals surface area contributed by atoms with Crippen molar-refractivity contribution in [3.63, 3.8) is 0 Å². The Balaban J connectivity index is 1.72. The minimum absolute atomic E-state index is 0.00403. The number of benzene rings is 1. The molecule has 2 amide bonds. The molecule has 8 heteroatoms. The van der Waals surface area contributed by atoms with Crippen LogP contribution in [0.3, 0.4) is 0 Å². The summed E-state index contributed by atoms with van der Waals surface area (Å²) < 4.78 is 13.4. The summed E-state index contributed by atoms with van der Waals surface area (Å²) in [5, 5.41) is 16.5. The van der Waals surface area contributed by atoms with Crippen LogP contribution in [-0.2, 0) is 4.79 Å². The largest absolute Gasteiger partial charge is 0.619 e. The number of rotatable bonds is 8. The SMILES string of the molecule is C[C@H](CNC(=O)c1ccc[n+]([O-])c1)NC(=O)CCC(=O)c1ccc(F)cc1. The van der Waals surface area contributed by atoms with Gasteiger partial charge in [-0.05, 0) is 37.3 Å². The van der Waals surface area contributed by atoms with Gasteiger partial charge >= 0.3 is 0 Å². The molecule has 0 aliphatic rings. The molecule has 1 aromatic heterocycles. The van der Waals surface area contributed by atoms with E-state index in [4.69, 9.17) is 0 Å². The minimum atomic E-state index is -0.430. The van der Waals surface area contributed by atoms with E-state index in [-0.39, 0.29) is 42.7 Å². The van der Waals surface area contributed by atoms with E-state index in [1.54, 1.807) is 6.92 Å². The van der Waals surface area contributed by atoms with Gasteiger partial charge in [-0.3, -0.25) is 14.4 Å². The minimum Gasteiger partial charge on any atom is -0.619 e. The molecule has 2 rings (SSSR count). The van der Waals surface area contributed by atoms with Gasteiger partial charge < -0.3 is 15.8 Å². The normalized spacial score (nSPS) is 11.5. The first-order chi connectivity index (χ1) is 12.8. The summed E-state index contributed by atoms with van der Waals surface area (Å²) in [7, 11) is 0. The molecule has 0 radical (unpaired) electrons. The third kappa shape index (κ3) is 6.50. The lowest BCUT2D eigenvalue weighted by atomic mass is 10.1. The summed E-state index contributed by atoms with van der Waals surface area (Å²) >= 11 is 0. The van der Waals surface area contributed by atoms with Gasteiger partial charge in [0.2, 0.25) is 5.91 Å². The van der Waals surface area contributed by atoms with Crippen LogP contribution in [0.1, 0.15) is 40.5 Å². The number of halogens is 1. The van der Waals surface area contributed by atoms with E-state index in [0.717, 1.165) is 6.20 Å². The number of nitrogens with zero attached hydrogens (tertiary/aromatic N) is 1. The number of aromatic nitrogens is 1. The van der Waals surface area contributed by atoms with Gasteiger partial charge in [-0.2, -0.15) is 4.73 Å². The number of nitrogens with one attached hydrogen (secondary N) is 2. The van der Waals surface area contributed by atoms with Crippen LogP contribution in [0.4, 0.5) is 4.39 Å². The predicted molar refractivity (Wildman–Crippen MR) is 95.3 cm³/mol. The first-order valence-corrected chi connectivity index (χ1v) is 8.40. The Bertz CT molecular complexity index is 824. The second kappa shape index (κ2) is 9.42. The van der Waals surface area contributed by atoms with Crippen LogP contribution in [0, 0.1) is 11.0 Å². The molecule has 0 saturated heterocycles. The van der Waals surface area contributed by atoms with Gasteiger partial charge in [0.25, 0.3) is 5.91 Å². The number of carbonyl (C=O) groups excluding carboxylic acids is 3. The lowest BCUT2D eigenvalue weighted by molar-refractivity contribution is -0.605. The second-order valence-electron chi connectivity index (χ2n) is 6.06. The number of hydrogen-bond acceptors (Lipinski definition) is 4. The van der Waals surface area contributed by atoms with Crippen molar-refractivity contribution in [2.24, 2.45) is 0 Å². The molecule has 0 aliphatic heterocycles. The Morgan fingerprint density at radius 1 is 1.11 bits per heavy atom. The predicted octanol–water partition coefficient (Wildman–Crippen LogP) is 1.36. The van der Waals surface area contributed by atoms with Gasteiger partial charge in [0.1, 0.15) is 11.4 Å². The number of carbonyl (C=O) groups is 3. The zero-order valence-electron chi connectivity index (χ0n) is 14.8. The Morgan fingerprint density at radius 3 is 2.48 bits per heavy atom. The van der Waals surface area contributed by atoms with E-state index in [9.17, 15) is 24.0 Å². The molecule has 27 heavy (non-hydrogen) atoms. The van der Waals surface area contributed by atoms with Crippen LogP contribution >= 0.6 is 0 Å². The van der Waals surface area contributed by atoms with Crippen LogP contribution < -0.4 is 15.4 Å². The van der Waals surface area contributed by atoms with Gasteiger partial charge in [-0.1, -0.05) is 0 Å². The van der Waals surface area contributed by atoms with Crippen LogP contribution in [-0.4, -0.2) is 30.2 Å². The van der Waals surface area contributed by atoms with Crippen molar-refractivity contribution < 1.29 is 23.5 Å². The van der Waals surface area contributed by atoms with E-state index in [1.807, 2.05) is 0 Å². The maximum atomic E-state index is 12.8. The molecule has 7 nitrogen and oxygen atoms in total. The van der Waals surface area contributed by atoms with Gasteiger partial charge in [0, 0.05) is 37.1 Å². The topological polar surface area (TPSA) is 102 Å². The molecular weight excluding hydrogens is 353 g/mol. The molecule has 0 spiro atoms. The Labute approximate surface area is 155 Å². The lowest BCUT2D eigenvalue weighted by Gasteiger charge is -2.14. The summed E-state index contributed by atoms with van der Waals surface area (Å²) in [6, 6.07) is 7.76. The van der Waals surface area contributed by atoms with Crippen LogP contribution in [0.5, 0.6) is 0 Å². The lowest BCUT2D eigenvalue weighted by Crippen LogP contribution is -2.42. The first-order valence-electron chi connectivity index (χ1n) is 8.40. The van der Waals surface area contributed by atoms with E-state index in [1.165, 1.54) is 42.6 Å². The molecule has 0 bridgehead atoms. The molecule has 0 saturated carbocycles. The van der Waals surface area contributed by atoms with Gasteiger partial charge in [0.15, 0.2) is 18.2 Å². The smallest absolute Gasteiger partial charge is 0.257 e. The molecule has 1 aromatic carbocycles. The molecule has 142 valence electrons. The fourth-order valence-corrected chi connectivity index (χ4v) is 2.34. The monoisotopic (exact) mass is 373 g/mol. The first kappa shape index (κ1) is 20.0. The fourth-order valence-electron chi connectivity index (χ4n) is 2.34. The van der Waals surface area contributed by atoms with E-state index < -0.39 is 11.7 Å². The molecule has 2 aromatic rings. The zero-order valence-corrected chi connectivity index (χ0v) is 14.8. The third-order valence-electron chi connectivity index (χ3n) is 3.76. The molecule has 2 N–H and O–H groups in total. The number of ketones is 1. The number of pyridine rings is 1. The van der Waals surface area contributed by atoms with Gasteiger partial charge in [-0.25, -0.2) is 4.39 Å². The summed E-state index contributed by atoms with van der Waals surface area (Å²) in [6.45, 7) is 1.88. The summed E-state index contributed by atoms with van der Waals surface area (Å²) in [6.07, 6.45) is 2.42. The van der Waals surface area contributed by atoms with Crippen molar-refractivity contribution in [1.82, 2.24) is 10.6 Å². The summed E-state index contributed by atoms with van der Waals surface area (Å²) in [5.41, 5.74) is 0.568. The average molecular weight is 373 g/mol. The van der Waals surface area contributed by atoms with Crippen molar-refractivity contribution in [2.75, 3.05) is 6.54 Å². The quantitative estimate of drug-likeness (QED) is 0.414. The molecule has 0 fully saturated rings. The second-order valence-corrected chi connectivity index (χ2v) is 6.06. The van der Waals surface area contributed by atoms with Crippen molar-refractivity contribution in [3.8, 4) is 0 Å². The molecular formula is C19H20FN3O4. The zero-order chi connectivity index (χ0) is 19.8. The molecule has 0 aliphatic carbocycles. The van der Waals surface area contributed by atoms with Crippen LogP contribution in [0.2, 0.25) is 0 Å². The summed E-state index contributed by atoms with van der Waals surface area (Å²) in [5.74, 6) is -1.43. The molecule has 0 unspecified atom stereocenters. The highest BCUT2D eigenvalue weighted by atomic mass is 19.1. The fraction of sp³-hybridized carbons (Fsp3) is 0.263. The average Bonchev–Trinajstić information content (AvgIpc) is 2.64. The van der Waals surface area contributed by atoms with Gasteiger partial charge in [0.05, 0.1) is 0 Å².